The molecule has 1 N–H and O–H groups in total. The number of imidazole rings is 1. The van der Waals surface area contributed by atoms with E-state index in [9.17, 15) is 27.6 Å². The summed E-state index contributed by atoms with van der Waals surface area (Å²) in [7, 11) is 1.28. The molecule has 2 aromatic heterocycles. The molecule has 10 nitrogen and oxygen atoms in total. The molecule has 168 valence electrons. The minimum Gasteiger partial charge on any atom is -0.475 e. The van der Waals surface area contributed by atoms with E-state index < -0.39 is 18.1 Å². The lowest BCUT2D eigenvalue weighted by atomic mass is 10.2. The van der Waals surface area contributed by atoms with Gasteiger partial charge in [-0.1, -0.05) is 0 Å². The number of carboxylic acids is 1. The summed E-state index contributed by atoms with van der Waals surface area (Å²) in [5.41, 5.74) is 2.04. The number of ether oxygens (including phenoxy) is 1. The van der Waals surface area contributed by atoms with Gasteiger partial charge in [-0.15, -0.1) is 0 Å². The van der Waals surface area contributed by atoms with Crippen molar-refractivity contribution in [2.45, 2.75) is 13.1 Å². The second kappa shape index (κ2) is 9.45. The van der Waals surface area contributed by atoms with Crippen LogP contribution in [-0.2, 0) is 19.1 Å². The monoisotopic (exact) mass is 444 g/mol. The Bertz CT molecular complexity index is 1000. The average molecular weight is 444 g/mol. The maximum Gasteiger partial charge on any atom is 0.490 e. The highest BCUT2D eigenvalue weighted by Gasteiger charge is 2.38. The lowest BCUT2D eigenvalue weighted by molar-refractivity contribution is -0.192. The first-order valence-electron chi connectivity index (χ1n) is 8.81. The number of esters is 1. The zero-order chi connectivity index (χ0) is 23.3. The molecule has 0 bridgehead atoms. The fourth-order valence-electron chi connectivity index (χ4n) is 2.62. The molecule has 0 spiro atoms. The Balaban J connectivity index is 0.000000423. The highest BCUT2D eigenvalue weighted by Crippen LogP contribution is 2.13. The van der Waals surface area contributed by atoms with Crippen LogP contribution in [0.4, 0.5) is 13.2 Å². The average Bonchev–Trinajstić information content (AvgIpc) is 3.11. The molecule has 2 aromatic rings. The van der Waals surface area contributed by atoms with E-state index in [0.717, 1.165) is 5.56 Å². The molecule has 0 saturated carbocycles. The van der Waals surface area contributed by atoms with Crippen LogP contribution < -0.4 is 0 Å². The number of hydrogen-bond donors (Lipinski definition) is 1. The number of aromatic nitrogens is 2. The van der Waals surface area contributed by atoms with E-state index in [1.54, 1.807) is 10.6 Å². The van der Waals surface area contributed by atoms with Crippen molar-refractivity contribution < 1.29 is 42.2 Å². The highest BCUT2D eigenvalue weighted by molar-refractivity contribution is 5.96. The first kappa shape index (κ1) is 23.6. The first-order chi connectivity index (χ1) is 14.4. The molecule has 0 aromatic carbocycles. The van der Waals surface area contributed by atoms with Crippen LogP contribution in [0.1, 0.15) is 16.1 Å². The predicted octanol–water partition coefficient (Wildman–Crippen LogP) is 0.733. The van der Waals surface area contributed by atoms with Crippen molar-refractivity contribution >= 4 is 29.4 Å². The number of carboxylic acid groups (broad SMARTS) is 1. The number of rotatable bonds is 3. The van der Waals surface area contributed by atoms with Gasteiger partial charge in [0, 0.05) is 25.5 Å². The molecule has 0 unspecified atom stereocenters. The van der Waals surface area contributed by atoms with Gasteiger partial charge in [-0.3, -0.25) is 14.4 Å². The fraction of sp³-hybridized carbons (Fsp3) is 0.389. The van der Waals surface area contributed by atoms with Crippen LogP contribution in [0, 0.1) is 6.92 Å². The van der Waals surface area contributed by atoms with Crippen LogP contribution in [0.2, 0.25) is 0 Å². The number of alkyl halides is 3. The smallest absolute Gasteiger partial charge is 0.475 e. The minimum atomic E-state index is -5.08. The Hall–Kier alpha value is -3.64. The Kier molecular flexibility index (Phi) is 7.20. The summed E-state index contributed by atoms with van der Waals surface area (Å²) in [6.07, 6.45) is -1.59. The number of aliphatic carboxylic acids is 1. The van der Waals surface area contributed by atoms with Gasteiger partial charge in [0.15, 0.2) is 0 Å². The van der Waals surface area contributed by atoms with E-state index >= 15 is 0 Å². The molecule has 13 heteroatoms. The number of amides is 2. The maximum absolute atomic E-state index is 12.6. The quantitative estimate of drug-likeness (QED) is 0.693. The lowest BCUT2D eigenvalue weighted by Gasteiger charge is -2.33. The lowest BCUT2D eigenvalue weighted by Crippen LogP contribution is -2.53. The minimum absolute atomic E-state index is 0.0667. The Morgan fingerprint density at radius 1 is 1.26 bits per heavy atom. The first-order valence-corrected chi connectivity index (χ1v) is 8.81. The molecule has 0 radical (unpaired) electrons. The van der Waals surface area contributed by atoms with Crippen molar-refractivity contribution in [3.05, 3.63) is 35.8 Å². The normalized spacial score (nSPS) is 14.2. The Labute approximate surface area is 173 Å². The SMILES string of the molecule is COC(=O)CN1CCN(C(=O)c2cn3ccc(C)cc3n2)CC1=O.O=C(O)C(F)(F)F. The summed E-state index contributed by atoms with van der Waals surface area (Å²) in [5, 5.41) is 7.12. The zero-order valence-corrected chi connectivity index (χ0v) is 16.5. The number of hydrogen-bond acceptors (Lipinski definition) is 6. The number of methoxy groups -OCH3 is 1. The molecule has 1 fully saturated rings. The summed E-state index contributed by atoms with van der Waals surface area (Å²) >= 11 is 0. The van der Waals surface area contributed by atoms with Crippen LogP contribution in [-0.4, -0.2) is 87.5 Å². The van der Waals surface area contributed by atoms with Gasteiger partial charge >= 0.3 is 18.1 Å². The van der Waals surface area contributed by atoms with E-state index in [0.29, 0.717) is 24.4 Å². The molecule has 0 aliphatic carbocycles. The predicted molar refractivity (Wildman–Crippen MR) is 98.1 cm³/mol. The van der Waals surface area contributed by atoms with Gasteiger partial charge in [0.25, 0.3) is 5.91 Å². The molecular formula is C18H19F3N4O6. The van der Waals surface area contributed by atoms with E-state index in [-0.39, 0.29) is 24.9 Å². The molecular weight excluding hydrogens is 425 g/mol. The number of nitrogens with zero attached hydrogens (tertiary/aromatic N) is 4. The fourth-order valence-corrected chi connectivity index (χ4v) is 2.62. The number of pyridine rings is 1. The van der Waals surface area contributed by atoms with E-state index in [1.165, 1.54) is 16.9 Å². The van der Waals surface area contributed by atoms with Gasteiger partial charge in [0.05, 0.1) is 7.11 Å². The van der Waals surface area contributed by atoms with Crippen LogP contribution in [0.25, 0.3) is 5.65 Å². The maximum atomic E-state index is 12.6. The summed E-state index contributed by atoms with van der Waals surface area (Å²) in [6, 6.07) is 3.81. The zero-order valence-electron chi connectivity index (χ0n) is 16.5. The van der Waals surface area contributed by atoms with Crippen molar-refractivity contribution in [2.75, 3.05) is 33.3 Å². The largest absolute Gasteiger partial charge is 0.490 e. The summed E-state index contributed by atoms with van der Waals surface area (Å²) in [5.74, 6) is -3.80. The van der Waals surface area contributed by atoms with Crippen LogP contribution in [0.3, 0.4) is 0 Å². The van der Waals surface area contributed by atoms with Gasteiger partial charge in [-0.05, 0) is 24.6 Å². The Morgan fingerprint density at radius 2 is 1.90 bits per heavy atom. The van der Waals surface area contributed by atoms with Crippen LogP contribution >= 0.6 is 0 Å². The molecule has 3 heterocycles. The highest BCUT2D eigenvalue weighted by atomic mass is 19.4. The molecule has 3 rings (SSSR count). The van der Waals surface area contributed by atoms with Crippen LogP contribution in [0.5, 0.6) is 0 Å². The second-order valence-electron chi connectivity index (χ2n) is 6.52. The van der Waals surface area contributed by atoms with Crippen molar-refractivity contribution in [1.82, 2.24) is 19.2 Å². The van der Waals surface area contributed by atoms with Gasteiger partial charge < -0.3 is 24.0 Å². The topological polar surface area (TPSA) is 122 Å². The molecule has 31 heavy (non-hydrogen) atoms. The van der Waals surface area contributed by atoms with E-state index in [2.05, 4.69) is 9.72 Å². The summed E-state index contributed by atoms with van der Waals surface area (Å²) in [4.78, 5) is 52.0. The number of carbonyl (C=O) groups excluding carboxylic acids is 3. The molecule has 1 saturated heterocycles. The number of fused-ring (bicyclic) bond motifs is 1. The third-order valence-electron chi connectivity index (χ3n) is 4.23. The third-order valence-corrected chi connectivity index (χ3v) is 4.23. The number of aryl methyl sites for hydroxylation is 1. The van der Waals surface area contributed by atoms with Gasteiger partial charge in [0.2, 0.25) is 5.91 Å². The third kappa shape index (κ3) is 6.17. The van der Waals surface area contributed by atoms with Gasteiger partial charge in [-0.2, -0.15) is 13.2 Å². The number of halogens is 3. The summed E-state index contributed by atoms with van der Waals surface area (Å²) < 4.78 is 38.1. The van der Waals surface area contributed by atoms with Gasteiger partial charge in [-0.25, -0.2) is 9.78 Å². The Morgan fingerprint density at radius 3 is 2.45 bits per heavy atom. The standard InChI is InChI=1S/C16H18N4O4.C2HF3O2/c1-11-3-4-18-8-12(17-13(18)7-11)16(23)20-6-5-19(14(21)9-20)10-15(22)24-2;3-2(4,5)1(6)7/h3-4,7-8H,5-6,9-10H2,1-2H3;(H,6,7). The molecule has 0 atom stereocenters. The van der Waals surface area contributed by atoms with Gasteiger partial charge in [0.1, 0.15) is 24.4 Å². The van der Waals surface area contributed by atoms with E-state index in [4.69, 9.17) is 9.90 Å². The van der Waals surface area contributed by atoms with Crippen molar-refractivity contribution in [2.24, 2.45) is 0 Å². The molecule has 1 aliphatic rings. The van der Waals surface area contributed by atoms with Crippen LogP contribution in [0.15, 0.2) is 24.5 Å². The van der Waals surface area contributed by atoms with Crippen molar-refractivity contribution in [3.63, 3.8) is 0 Å². The van der Waals surface area contributed by atoms with E-state index in [1.807, 2.05) is 25.3 Å². The summed E-state index contributed by atoms with van der Waals surface area (Å²) in [6.45, 7) is 2.45. The molecule has 1 aliphatic heterocycles. The molecule has 2 amide bonds. The van der Waals surface area contributed by atoms with Crippen molar-refractivity contribution in [3.8, 4) is 0 Å². The second-order valence-corrected chi connectivity index (χ2v) is 6.52. The van der Waals surface area contributed by atoms with Crippen molar-refractivity contribution in [1.29, 1.82) is 0 Å². The number of carbonyl (C=O) groups is 4. The number of piperazine rings is 1.